The quantitative estimate of drug-likeness (QED) is 0.275. The summed E-state index contributed by atoms with van der Waals surface area (Å²) < 4.78 is 5.43. The van der Waals surface area contributed by atoms with Crippen LogP contribution in [0.25, 0.3) is 0 Å². The first-order valence-electron chi connectivity index (χ1n) is 10.2. The average molecular weight is 427 g/mol. The number of Topliss-reactive ketones (excluding diaryl/α,β-unsaturated/α-hetero) is 2. The fourth-order valence-electron chi connectivity index (χ4n) is 3.75. The molecule has 2 atom stereocenters. The smallest absolute Gasteiger partial charge is 0.339 e. The second kappa shape index (κ2) is 8.59. The van der Waals surface area contributed by atoms with Crippen molar-refractivity contribution in [1.29, 1.82) is 0 Å². The number of nitrogens with one attached hydrogen (secondary N) is 1. The number of cyclic esters (lactones) is 1. The molecular weight excluding hydrogens is 406 g/mol. The third-order valence-corrected chi connectivity index (χ3v) is 5.64. The van der Waals surface area contributed by atoms with Crippen molar-refractivity contribution < 1.29 is 23.9 Å². The SMILES string of the molecule is Cc1ccc(NC(=O)C(=O)[C@H](C(=O)c2ccccc2)[C@@H]2OC(=O)c3ccccc32)cc1C. The molecule has 0 saturated carbocycles. The molecule has 0 radical (unpaired) electrons. The second-order valence-electron chi connectivity index (χ2n) is 7.74. The van der Waals surface area contributed by atoms with Gasteiger partial charge in [0.2, 0.25) is 5.78 Å². The molecule has 1 aliphatic rings. The number of carbonyl (C=O) groups is 4. The molecule has 6 nitrogen and oxygen atoms in total. The summed E-state index contributed by atoms with van der Waals surface area (Å²) in [5.41, 5.74) is 3.39. The van der Waals surface area contributed by atoms with E-state index in [4.69, 9.17) is 4.74 Å². The number of anilines is 1. The van der Waals surface area contributed by atoms with Crippen molar-refractivity contribution in [1.82, 2.24) is 0 Å². The van der Waals surface area contributed by atoms with Crippen molar-refractivity contribution in [2.45, 2.75) is 20.0 Å². The van der Waals surface area contributed by atoms with Crippen LogP contribution in [-0.2, 0) is 14.3 Å². The van der Waals surface area contributed by atoms with Gasteiger partial charge < -0.3 is 10.1 Å². The molecule has 0 saturated heterocycles. The Morgan fingerprint density at radius 3 is 2.28 bits per heavy atom. The lowest BCUT2D eigenvalue weighted by atomic mass is 9.84. The van der Waals surface area contributed by atoms with Gasteiger partial charge in [0, 0.05) is 16.8 Å². The highest BCUT2D eigenvalue weighted by atomic mass is 16.5. The summed E-state index contributed by atoms with van der Waals surface area (Å²) in [4.78, 5) is 51.9. The zero-order valence-corrected chi connectivity index (χ0v) is 17.6. The van der Waals surface area contributed by atoms with Crippen LogP contribution in [0.4, 0.5) is 5.69 Å². The zero-order chi connectivity index (χ0) is 22.8. The zero-order valence-electron chi connectivity index (χ0n) is 17.6. The van der Waals surface area contributed by atoms with Crippen LogP contribution in [0.2, 0.25) is 0 Å². The van der Waals surface area contributed by atoms with Gasteiger partial charge in [0.25, 0.3) is 5.91 Å². The minimum absolute atomic E-state index is 0.255. The lowest BCUT2D eigenvalue weighted by molar-refractivity contribution is -0.138. The summed E-state index contributed by atoms with van der Waals surface area (Å²) in [5.74, 6) is -4.62. The van der Waals surface area contributed by atoms with E-state index >= 15 is 0 Å². The van der Waals surface area contributed by atoms with Crippen molar-refractivity contribution in [2.75, 3.05) is 5.32 Å². The monoisotopic (exact) mass is 427 g/mol. The van der Waals surface area contributed by atoms with E-state index in [0.29, 0.717) is 11.3 Å². The largest absolute Gasteiger partial charge is 0.453 e. The lowest BCUT2D eigenvalue weighted by Crippen LogP contribution is -2.38. The van der Waals surface area contributed by atoms with E-state index in [1.165, 1.54) is 0 Å². The molecule has 1 N–H and O–H groups in total. The standard InChI is InChI=1S/C26H21NO5/c1-15-12-13-18(14-16(15)2)27-25(30)23(29)21(22(28)17-8-4-3-5-9-17)24-19-10-6-7-11-20(19)26(31)32-24/h3-14,21,24H,1-2H3,(H,27,30)/t21-,24+/m0/s1. The number of amides is 1. The number of carbonyl (C=O) groups excluding carboxylic acids is 4. The highest BCUT2D eigenvalue weighted by Crippen LogP contribution is 2.38. The van der Waals surface area contributed by atoms with Gasteiger partial charge in [-0.25, -0.2) is 4.79 Å². The van der Waals surface area contributed by atoms with E-state index in [0.717, 1.165) is 11.1 Å². The molecule has 0 spiro atoms. The Morgan fingerprint density at radius 2 is 1.56 bits per heavy atom. The van der Waals surface area contributed by atoms with Crippen molar-refractivity contribution in [3.8, 4) is 0 Å². The molecule has 1 amide bonds. The number of hydrogen-bond acceptors (Lipinski definition) is 5. The molecule has 0 aliphatic carbocycles. The first-order valence-corrected chi connectivity index (χ1v) is 10.2. The molecule has 1 aliphatic heterocycles. The van der Waals surface area contributed by atoms with Gasteiger partial charge in [0.05, 0.1) is 5.56 Å². The maximum Gasteiger partial charge on any atom is 0.339 e. The summed E-state index contributed by atoms with van der Waals surface area (Å²) in [6.07, 6.45) is -1.18. The topological polar surface area (TPSA) is 89.5 Å². The van der Waals surface area contributed by atoms with Crippen LogP contribution < -0.4 is 5.32 Å². The first-order chi connectivity index (χ1) is 15.4. The molecule has 160 valence electrons. The normalized spacial score (nSPS) is 15.4. The number of hydrogen-bond donors (Lipinski definition) is 1. The van der Waals surface area contributed by atoms with Crippen LogP contribution in [-0.4, -0.2) is 23.4 Å². The third-order valence-electron chi connectivity index (χ3n) is 5.64. The number of ether oxygens (including phenoxy) is 1. The van der Waals surface area contributed by atoms with Crippen LogP contribution >= 0.6 is 0 Å². The van der Waals surface area contributed by atoms with E-state index < -0.39 is 35.5 Å². The summed E-state index contributed by atoms with van der Waals surface area (Å²) in [6.45, 7) is 3.83. The van der Waals surface area contributed by atoms with Gasteiger partial charge in [-0.3, -0.25) is 14.4 Å². The molecule has 0 fully saturated rings. The fraction of sp³-hybridized carbons (Fsp3) is 0.154. The summed E-state index contributed by atoms with van der Waals surface area (Å²) in [7, 11) is 0. The van der Waals surface area contributed by atoms with Crippen molar-refractivity contribution in [3.05, 3.63) is 101 Å². The number of benzene rings is 3. The lowest BCUT2D eigenvalue weighted by Gasteiger charge is -2.21. The molecule has 0 unspecified atom stereocenters. The van der Waals surface area contributed by atoms with Crippen molar-refractivity contribution >= 4 is 29.1 Å². The van der Waals surface area contributed by atoms with Gasteiger partial charge >= 0.3 is 5.97 Å². The summed E-state index contributed by atoms with van der Waals surface area (Å²) in [6, 6.07) is 20.0. The Labute approximate surface area is 185 Å². The summed E-state index contributed by atoms with van der Waals surface area (Å²) in [5, 5.41) is 2.57. The molecular formula is C26H21NO5. The van der Waals surface area contributed by atoms with Crippen molar-refractivity contribution in [3.63, 3.8) is 0 Å². The van der Waals surface area contributed by atoms with E-state index in [1.807, 2.05) is 19.9 Å². The van der Waals surface area contributed by atoms with Gasteiger partial charge in [-0.1, -0.05) is 54.6 Å². The van der Waals surface area contributed by atoms with Gasteiger partial charge in [-0.05, 0) is 43.2 Å². The molecule has 0 aromatic heterocycles. The first kappa shape index (κ1) is 21.2. The molecule has 3 aromatic rings. The fourth-order valence-corrected chi connectivity index (χ4v) is 3.75. The van der Waals surface area contributed by atoms with Gasteiger partial charge in [-0.2, -0.15) is 0 Å². The van der Waals surface area contributed by atoms with Gasteiger partial charge in [0.15, 0.2) is 5.78 Å². The van der Waals surface area contributed by atoms with Crippen LogP contribution in [0, 0.1) is 19.8 Å². The number of aryl methyl sites for hydroxylation is 2. The number of ketones is 2. The van der Waals surface area contributed by atoms with Crippen LogP contribution in [0.5, 0.6) is 0 Å². The number of rotatable bonds is 6. The predicted octanol–water partition coefficient (Wildman–Crippen LogP) is 4.22. The Hall–Kier alpha value is -4.06. The Morgan fingerprint density at radius 1 is 0.875 bits per heavy atom. The van der Waals surface area contributed by atoms with Crippen LogP contribution in [0.1, 0.15) is 43.5 Å². The molecule has 1 heterocycles. The number of fused-ring (bicyclic) bond motifs is 1. The highest BCUT2D eigenvalue weighted by molar-refractivity contribution is 6.45. The maximum absolute atomic E-state index is 13.4. The molecule has 3 aromatic carbocycles. The van der Waals surface area contributed by atoms with E-state index in [-0.39, 0.29) is 11.1 Å². The Bertz CT molecular complexity index is 1230. The van der Waals surface area contributed by atoms with Gasteiger partial charge in [-0.15, -0.1) is 0 Å². The summed E-state index contributed by atoms with van der Waals surface area (Å²) >= 11 is 0. The molecule has 4 rings (SSSR count). The van der Waals surface area contributed by atoms with Crippen molar-refractivity contribution in [2.24, 2.45) is 5.92 Å². The Kier molecular flexibility index (Phi) is 5.69. The second-order valence-corrected chi connectivity index (χ2v) is 7.74. The Balaban J connectivity index is 1.70. The van der Waals surface area contributed by atoms with Crippen LogP contribution in [0.3, 0.4) is 0 Å². The third kappa shape index (κ3) is 3.95. The van der Waals surface area contributed by atoms with Crippen LogP contribution in [0.15, 0.2) is 72.8 Å². The van der Waals surface area contributed by atoms with E-state index in [9.17, 15) is 19.2 Å². The van der Waals surface area contributed by atoms with E-state index in [1.54, 1.807) is 66.7 Å². The average Bonchev–Trinajstić information content (AvgIpc) is 3.13. The predicted molar refractivity (Wildman–Crippen MR) is 118 cm³/mol. The minimum Gasteiger partial charge on any atom is -0.453 e. The molecule has 0 bridgehead atoms. The van der Waals surface area contributed by atoms with Gasteiger partial charge in [0.1, 0.15) is 12.0 Å². The van der Waals surface area contributed by atoms with E-state index in [2.05, 4.69) is 5.32 Å². The minimum atomic E-state index is -1.50. The molecule has 6 heteroatoms. The maximum atomic E-state index is 13.4. The number of esters is 1. The highest BCUT2D eigenvalue weighted by Gasteiger charge is 2.46. The molecule has 32 heavy (non-hydrogen) atoms.